The molecule has 0 N–H and O–H groups in total. The number of thiazole rings is 1. The smallest absolute Gasteiger partial charge is 0.161 e. The maximum absolute atomic E-state index is 12.8. The van der Waals surface area contributed by atoms with Gasteiger partial charge in [0.15, 0.2) is 9.84 Å². The predicted molar refractivity (Wildman–Crippen MR) is 92.4 cm³/mol. The van der Waals surface area contributed by atoms with Crippen molar-refractivity contribution < 1.29 is 17.5 Å². The fourth-order valence-electron chi connectivity index (χ4n) is 2.20. The summed E-state index contributed by atoms with van der Waals surface area (Å²) >= 11 is 1.33. The number of benzene rings is 1. The minimum atomic E-state index is -3.34. The summed E-state index contributed by atoms with van der Waals surface area (Å²) in [6, 6.07) is 7.37. The summed E-state index contributed by atoms with van der Waals surface area (Å²) in [6.07, 6.45) is 1.57. The summed E-state index contributed by atoms with van der Waals surface area (Å²) in [6.45, 7) is 0.206. The number of nitrogens with zero attached hydrogens (tertiary/aromatic N) is 3. The summed E-state index contributed by atoms with van der Waals surface area (Å²) < 4.78 is 44.5. The van der Waals surface area contributed by atoms with E-state index >= 15 is 0 Å². The van der Waals surface area contributed by atoms with Gasteiger partial charge in [-0.15, -0.1) is 11.3 Å². The number of hydrogen-bond donors (Lipinski definition) is 0. The average Bonchev–Trinajstić information content (AvgIpc) is 3.15. The second kappa shape index (κ2) is 7.32. The van der Waals surface area contributed by atoms with Gasteiger partial charge in [-0.1, -0.05) is 0 Å². The molecule has 2 aromatic heterocycles. The van der Waals surface area contributed by atoms with Gasteiger partial charge in [-0.3, -0.25) is 4.68 Å². The molecule has 0 aliphatic rings. The van der Waals surface area contributed by atoms with Gasteiger partial charge >= 0.3 is 0 Å². The molecule has 6 nitrogen and oxygen atoms in total. The third-order valence-electron chi connectivity index (χ3n) is 3.43. The molecule has 0 saturated heterocycles. The lowest BCUT2D eigenvalue weighted by Crippen LogP contribution is -2.11. The molecule has 9 heteroatoms. The summed E-state index contributed by atoms with van der Waals surface area (Å²) in [5.41, 5.74) is 1.12. The molecule has 0 amide bonds. The first-order valence-electron chi connectivity index (χ1n) is 7.40. The Labute approximate surface area is 148 Å². The first kappa shape index (κ1) is 17.6. The minimum Gasteiger partial charge on any atom is -0.486 e. The normalized spacial score (nSPS) is 11.6. The number of aryl methyl sites for hydroxylation is 1. The highest BCUT2D eigenvalue weighted by Gasteiger charge is 2.17. The van der Waals surface area contributed by atoms with Crippen LogP contribution in [-0.2, 0) is 35.0 Å². The van der Waals surface area contributed by atoms with Crippen molar-refractivity contribution in [1.82, 2.24) is 14.8 Å². The Balaban J connectivity index is 1.59. The van der Waals surface area contributed by atoms with Crippen molar-refractivity contribution in [3.8, 4) is 5.75 Å². The lowest BCUT2D eigenvalue weighted by Gasteiger charge is -2.04. The third-order valence-corrected chi connectivity index (χ3v) is 5.78. The first-order chi connectivity index (χ1) is 11.9. The Kier molecular flexibility index (Phi) is 5.14. The van der Waals surface area contributed by atoms with E-state index in [9.17, 15) is 12.8 Å². The van der Waals surface area contributed by atoms with Crippen molar-refractivity contribution in [2.75, 3.05) is 0 Å². The van der Waals surface area contributed by atoms with Crippen molar-refractivity contribution in [2.24, 2.45) is 7.05 Å². The van der Waals surface area contributed by atoms with Crippen LogP contribution in [0.25, 0.3) is 0 Å². The maximum Gasteiger partial charge on any atom is 0.161 e. The van der Waals surface area contributed by atoms with E-state index in [0.29, 0.717) is 22.1 Å². The fourth-order valence-corrected chi connectivity index (χ4v) is 4.45. The maximum atomic E-state index is 12.8. The lowest BCUT2D eigenvalue weighted by atomic mass is 10.3. The molecule has 2 heterocycles. The van der Waals surface area contributed by atoms with Crippen LogP contribution in [0.1, 0.15) is 16.4 Å². The van der Waals surface area contributed by atoms with Crippen LogP contribution >= 0.6 is 11.3 Å². The van der Waals surface area contributed by atoms with Gasteiger partial charge in [0.1, 0.15) is 23.2 Å². The van der Waals surface area contributed by atoms with E-state index in [4.69, 9.17) is 4.74 Å². The van der Waals surface area contributed by atoms with Crippen molar-refractivity contribution in [3.63, 3.8) is 0 Å². The molecule has 0 aliphatic carbocycles. The lowest BCUT2D eigenvalue weighted by molar-refractivity contribution is 0.305. The van der Waals surface area contributed by atoms with Crippen LogP contribution in [0.15, 0.2) is 41.9 Å². The number of aromatic nitrogens is 3. The zero-order valence-corrected chi connectivity index (χ0v) is 15.1. The molecule has 3 aromatic rings. The summed E-state index contributed by atoms with van der Waals surface area (Å²) in [7, 11) is -1.63. The van der Waals surface area contributed by atoms with Crippen molar-refractivity contribution in [1.29, 1.82) is 0 Å². The molecule has 0 atom stereocenters. The van der Waals surface area contributed by atoms with Gasteiger partial charge < -0.3 is 4.74 Å². The molecule has 25 heavy (non-hydrogen) atoms. The highest BCUT2D eigenvalue weighted by atomic mass is 32.2. The van der Waals surface area contributed by atoms with Crippen molar-refractivity contribution >= 4 is 21.2 Å². The standard InChI is InChI=1S/C16H16FN3O3S2/c1-20-14(6-7-18-20)11-25(21,22)10-13-9-24-16(19-13)8-23-15-4-2-12(17)3-5-15/h2-7,9H,8,10-11H2,1H3. The highest BCUT2D eigenvalue weighted by Crippen LogP contribution is 2.18. The monoisotopic (exact) mass is 381 g/mol. The van der Waals surface area contributed by atoms with Crippen LogP contribution in [0, 0.1) is 5.82 Å². The van der Waals surface area contributed by atoms with Gasteiger partial charge in [0, 0.05) is 18.6 Å². The van der Waals surface area contributed by atoms with Crippen LogP contribution in [0.3, 0.4) is 0 Å². The molecule has 0 unspecified atom stereocenters. The van der Waals surface area contributed by atoms with Gasteiger partial charge in [-0.05, 0) is 30.3 Å². The van der Waals surface area contributed by atoms with Gasteiger partial charge in [0.25, 0.3) is 0 Å². The summed E-state index contributed by atoms with van der Waals surface area (Å²) in [4.78, 5) is 4.30. The van der Waals surface area contributed by atoms with Gasteiger partial charge in [0.05, 0.1) is 22.9 Å². The summed E-state index contributed by atoms with van der Waals surface area (Å²) in [5.74, 6) is -0.0160. The molecule has 0 aliphatic heterocycles. The van der Waals surface area contributed by atoms with Crippen molar-refractivity contribution in [3.05, 3.63) is 64.1 Å². The molecule has 1 aromatic carbocycles. The van der Waals surface area contributed by atoms with E-state index in [-0.39, 0.29) is 23.9 Å². The quantitative estimate of drug-likeness (QED) is 0.629. The van der Waals surface area contributed by atoms with Crippen LogP contribution in [0.5, 0.6) is 5.75 Å². The SMILES string of the molecule is Cn1nccc1CS(=O)(=O)Cc1csc(COc2ccc(F)cc2)n1. The molecular weight excluding hydrogens is 365 g/mol. The highest BCUT2D eigenvalue weighted by molar-refractivity contribution is 7.89. The Bertz CT molecular complexity index is 949. The largest absolute Gasteiger partial charge is 0.486 e. The molecular formula is C16H16FN3O3S2. The van der Waals surface area contributed by atoms with E-state index in [1.165, 1.54) is 35.6 Å². The number of sulfone groups is 1. The number of rotatable bonds is 7. The van der Waals surface area contributed by atoms with Crippen LogP contribution in [0.4, 0.5) is 4.39 Å². The third kappa shape index (κ3) is 4.86. The minimum absolute atomic E-state index is 0.0809. The zero-order valence-electron chi connectivity index (χ0n) is 13.4. The number of halogens is 1. The van der Waals surface area contributed by atoms with E-state index in [1.807, 2.05) is 0 Å². The van der Waals surface area contributed by atoms with E-state index in [0.717, 1.165) is 0 Å². The van der Waals surface area contributed by atoms with Gasteiger partial charge in [-0.25, -0.2) is 17.8 Å². The second-order valence-electron chi connectivity index (χ2n) is 5.45. The Morgan fingerprint density at radius 3 is 2.64 bits per heavy atom. The molecule has 3 rings (SSSR count). The molecule has 0 radical (unpaired) electrons. The topological polar surface area (TPSA) is 74.1 Å². The van der Waals surface area contributed by atoms with Gasteiger partial charge in [0.2, 0.25) is 0 Å². The summed E-state index contributed by atoms with van der Waals surface area (Å²) in [5, 5.41) is 6.34. The van der Waals surface area contributed by atoms with E-state index in [1.54, 1.807) is 29.4 Å². The van der Waals surface area contributed by atoms with E-state index in [2.05, 4.69) is 10.1 Å². The van der Waals surface area contributed by atoms with E-state index < -0.39 is 9.84 Å². The Hall–Kier alpha value is -2.26. The second-order valence-corrected chi connectivity index (χ2v) is 8.46. The fraction of sp³-hybridized carbons (Fsp3) is 0.250. The Morgan fingerprint density at radius 1 is 1.20 bits per heavy atom. The van der Waals surface area contributed by atoms with Crippen LogP contribution < -0.4 is 4.74 Å². The van der Waals surface area contributed by atoms with Crippen LogP contribution in [-0.4, -0.2) is 23.2 Å². The number of hydrogen-bond acceptors (Lipinski definition) is 6. The average molecular weight is 381 g/mol. The molecule has 0 spiro atoms. The predicted octanol–water partition coefficient (Wildman–Crippen LogP) is 2.71. The van der Waals surface area contributed by atoms with Crippen molar-refractivity contribution in [2.45, 2.75) is 18.1 Å². The molecule has 0 fully saturated rings. The molecule has 0 saturated carbocycles. The number of ether oxygens (including phenoxy) is 1. The molecule has 132 valence electrons. The van der Waals surface area contributed by atoms with Crippen LogP contribution in [0.2, 0.25) is 0 Å². The molecule has 0 bridgehead atoms. The van der Waals surface area contributed by atoms with Gasteiger partial charge in [-0.2, -0.15) is 5.10 Å². The Morgan fingerprint density at radius 2 is 1.96 bits per heavy atom. The zero-order chi connectivity index (χ0) is 17.9. The first-order valence-corrected chi connectivity index (χ1v) is 10.1.